The molecule has 0 bridgehead atoms. The van der Waals surface area contributed by atoms with Crippen molar-refractivity contribution in [2.24, 2.45) is 5.10 Å². The van der Waals surface area contributed by atoms with Gasteiger partial charge >= 0.3 is 16.1 Å². The van der Waals surface area contributed by atoms with Crippen LogP contribution in [0.1, 0.15) is 31.8 Å². The SMILES string of the molecule is CC(=NNC(=O)c1ccc(C(=O)O)s1)c1csc(-c2ccc(Cl)c(Cl)c2)c1OS(C)(=O)=O. The van der Waals surface area contributed by atoms with Crippen LogP contribution >= 0.6 is 45.9 Å². The lowest BCUT2D eigenvalue weighted by atomic mass is 10.1. The lowest BCUT2D eigenvalue weighted by Gasteiger charge is -2.09. The number of carbonyl (C=O) groups is 2. The molecule has 0 radical (unpaired) electrons. The maximum Gasteiger partial charge on any atom is 0.345 e. The predicted molar refractivity (Wildman–Crippen MR) is 126 cm³/mol. The number of halogens is 2. The van der Waals surface area contributed by atoms with E-state index in [1.54, 1.807) is 30.5 Å². The lowest BCUT2D eigenvalue weighted by Crippen LogP contribution is -2.18. The average molecular weight is 533 g/mol. The number of aromatic carboxylic acids is 1. The van der Waals surface area contributed by atoms with E-state index in [2.05, 4.69) is 10.5 Å². The number of nitrogens with one attached hydrogen (secondary N) is 1. The van der Waals surface area contributed by atoms with E-state index in [0.717, 1.165) is 17.6 Å². The first-order valence-electron chi connectivity index (χ1n) is 8.60. The maximum absolute atomic E-state index is 12.3. The number of hydrogen-bond donors (Lipinski definition) is 2. The average Bonchev–Trinajstić information content (AvgIpc) is 3.34. The Morgan fingerprint density at radius 1 is 1.12 bits per heavy atom. The zero-order valence-electron chi connectivity index (χ0n) is 16.4. The third kappa shape index (κ3) is 5.67. The zero-order chi connectivity index (χ0) is 23.6. The highest BCUT2D eigenvalue weighted by Crippen LogP contribution is 2.42. The Bertz CT molecular complexity index is 1340. The zero-order valence-corrected chi connectivity index (χ0v) is 20.3. The number of rotatable bonds is 7. The second kappa shape index (κ2) is 9.59. The van der Waals surface area contributed by atoms with Crippen LogP contribution in [0.3, 0.4) is 0 Å². The van der Waals surface area contributed by atoms with Gasteiger partial charge in [0.15, 0.2) is 5.75 Å². The second-order valence-corrected chi connectivity index (χ2v) is 10.7. The van der Waals surface area contributed by atoms with Crippen LogP contribution in [0.25, 0.3) is 10.4 Å². The first-order chi connectivity index (χ1) is 15.0. The fourth-order valence-corrected chi connectivity index (χ4v) is 5.09. The molecule has 0 spiro atoms. The van der Waals surface area contributed by atoms with Crippen LogP contribution < -0.4 is 9.61 Å². The fraction of sp³-hybridized carbons (Fsp3) is 0.105. The third-order valence-corrected chi connectivity index (χ3v) is 7.21. The lowest BCUT2D eigenvalue weighted by molar-refractivity contribution is 0.0702. The molecular formula is C19H14Cl2N2O6S3. The molecule has 8 nitrogen and oxygen atoms in total. The van der Waals surface area contributed by atoms with Gasteiger partial charge in [0.2, 0.25) is 0 Å². The first-order valence-corrected chi connectivity index (χ1v) is 12.9. The summed E-state index contributed by atoms with van der Waals surface area (Å²) in [4.78, 5) is 23.9. The largest absolute Gasteiger partial charge is 0.477 e. The highest BCUT2D eigenvalue weighted by atomic mass is 35.5. The topological polar surface area (TPSA) is 122 Å². The van der Waals surface area contributed by atoms with Crippen molar-refractivity contribution in [2.45, 2.75) is 6.92 Å². The van der Waals surface area contributed by atoms with E-state index in [0.29, 0.717) is 26.0 Å². The normalized spacial score (nSPS) is 11.9. The van der Waals surface area contributed by atoms with Gasteiger partial charge < -0.3 is 9.29 Å². The molecule has 2 heterocycles. The molecule has 0 fully saturated rings. The van der Waals surface area contributed by atoms with E-state index in [4.69, 9.17) is 32.5 Å². The minimum absolute atomic E-state index is 0.0174. The summed E-state index contributed by atoms with van der Waals surface area (Å²) < 4.78 is 29.0. The van der Waals surface area contributed by atoms with E-state index in [1.807, 2.05) is 0 Å². The Labute approximate surface area is 201 Å². The molecule has 168 valence electrons. The molecular weight excluding hydrogens is 519 g/mol. The molecule has 2 N–H and O–H groups in total. The van der Waals surface area contributed by atoms with Gasteiger partial charge in [0.05, 0.1) is 37.3 Å². The molecule has 2 aromatic heterocycles. The van der Waals surface area contributed by atoms with E-state index < -0.39 is 22.0 Å². The van der Waals surface area contributed by atoms with E-state index in [1.165, 1.54) is 23.5 Å². The number of nitrogens with zero attached hydrogens (tertiary/aromatic N) is 1. The van der Waals surface area contributed by atoms with Gasteiger partial charge in [-0.3, -0.25) is 4.79 Å². The number of carboxylic acids is 1. The van der Waals surface area contributed by atoms with Gasteiger partial charge in [-0.1, -0.05) is 29.3 Å². The van der Waals surface area contributed by atoms with Gasteiger partial charge in [-0.05, 0) is 36.8 Å². The molecule has 0 saturated carbocycles. The molecule has 1 amide bonds. The van der Waals surface area contributed by atoms with Crippen molar-refractivity contribution in [3.05, 3.63) is 61.1 Å². The Morgan fingerprint density at radius 2 is 1.81 bits per heavy atom. The third-order valence-electron chi connectivity index (χ3n) is 3.92. The predicted octanol–water partition coefficient (Wildman–Crippen LogP) is 4.97. The maximum atomic E-state index is 12.3. The van der Waals surface area contributed by atoms with Gasteiger partial charge in [0, 0.05) is 5.38 Å². The summed E-state index contributed by atoms with van der Waals surface area (Å²) in [5.41, 5.74) is 3.54. The highest BCUT2D eigenvalue weighted by molar-refractivity contribution is 7.86. The number of carboxylic acid groups (broad SMARTS) is 1. The summed E-state index contributed by atoms with van der Waals surface area (Å²) in [5.74, 6) is -1.70. The molecule has 0 aliphatic carbocycles. The molecule has 0 aliphatic heterocycles. The van der Waals surface area contributed by atoms with Crippen molar-refractivity contribution < 1.29 is 27.3 Å². The van der Waals surface area contributed by atoms with Crippen LogP contribution in [0.4, 0.5) is 0 Å². The van der Waals surface area contributed by atoms with Crippen LogP contribution in [-0.2, 0) is 10.1 Å². The van der Waals surface area contributed by atoms with Gasteiger partial charge in [-0.2, -0.15) is 13.5 Å². The first kappa shape index (κ1) is 24.2. The summed E-state index contributed by atoms with van der Waals surface area (Å²) in [7, 11) is -3.88. The van der Waals surface area contributed by atoms with E-state index in [-0.39, 0.29) is 21.2 Å². The molecule has 1 aromatic carbocycles. The van der Waals surface area contributed by atoms with E-state index in [9.17, 15) is 18.0 Å². The molecule has 0 saturated heterocycles. The Balaban J connectivity index is 1.94. The number of hydrogen-bond acceptors (Lipinski definition) is 8. The fourth-order valence-electron chi connectivity index (χ4n) is 2.49. The van der Waals surface area contributed by atoms with Gasteiger partial charge in [0.25, 0.3) is 5.91 Å². The Hall–Kier alpha value is -2.44. The van der Waals surface area contributed by atoms with Crippen LogP contribution in [0.5, 0.6) is 5.75 Å². The summed E-state index contributed by atoms with van der Waals surface area (Å²) >= 11 is 14.1. The van der Waals surface area contributed by atoms with E-state index >= 15 is 0 Å². The number of benzene rings is 1. The van der Waals surface area contributed by atoms with Crippen molar-refractivity contribution in [3.63, 3.8) is 0 Å². The van der Waals surface area contributed by atoms with Gasteiger partial charge in [0.1, 0.15) is 4.88 Å². The molecule has 0 unspecified atom stereocenters. The second-order valence-electron chi connectivity index (χ2n) is 6.33. The van der Waals surface area contributed by atoms with Crippen molar-refractivity contribution in [1.29, 1.82) is 0 Å². The molecule has 3 aromatic rings. The minimum atomic E-state index is -3.88. The van der Waals surface area contributed by atoms with Crippen LogP contribution in [0, 0.1) is 0 Å². The number of carbonyl (C=O) groups excluding carboxylic acids is 1. The standard InChI is InChI=1S/C19H14Cl2N2O6S3/c1-9(22-23-18(24)14-5-6-15(31-14)19(25)26)11-8-30-17(16(11)29-32(2,27)28)10-3-4-12(20)13(21)7-10/h3-8H,1-2H3,(H,23,24)(H,25,26). The molecule has 13 heteroatoms. The summed E-state index contributed by atoms with van der Waals surface area (Å²) in [6, 6.07) is 7.53. The van der Waals surface area contributed by atoms with Gasteiger partial charge in [-0.25, -0.2) is 10.2 Å². The van der Waals surface area contributed by atoms with Crippen LogP contribution in [0.15, 0.2) is 40.8 Å². The Kier molecular flexibility index (Phi) is 7.25. The summed E-state index contributed by atoms with van der Waals surface area (Å²) in [6.45, 7) is 1.56. The number of amides is 1. The number of hydrazone groups is 1. The van der Waals surface area contributed by atoms with Crippen molar-refractivity contribution in [2.75, 3.05) is 6.26 Å². The number of thiophene rings is 2. The smallest absolute Gasteiger partial charge is 0.345 e. The molecule has 0 atom stereocenters. The quantitative estimate of drug-likeness (QED) is 0.251. The minimum Gasteiger partial charge on any atom is -0.477 e. The molecule has 32 heavy (non-hydrogen) atoms. The molecule has 3 rings (SSSR count). The molecule has 0 aliphatic rings. The summed E-state index contributed by atoms with van der Waals surface area (Å²) in [6.07, 6.45) is 0.915. The Morgan fingerprint density at radius 3 is 2.41 bits per heavy atom. The monoisotopic (exact) mass is 532 g/mol. The van der Waals surface area contributed by atoms with Crippen molar-refractivity contribution in [3.8, 4) is 16.2 Å². The van der Waals surface area contributed by atoms with Crippen LogP contribution in [-0.4, -0.2) is 37.4 Å². The van der Waals surface area contributed by atoms with Gasteiger partial charge in [-0.15, -0.1) is 22.7 Å². The van der Waals surface area contributed by atoms with Crippen molar-refractivity contribution >= 4 is 73.6 Å². The summed E-state index contributed by atoms with van der Waals surface area (Å²) in [5, 5.41) is 15.3. The highest BCUT2D eigenvalue weighted by Gasteiger charge is 2.22. The van der Waals surface area contributed by atoms with Crippen molar-refractivity contribution in [1.82, 2.24) is 5.43 Å². The van der Waals surface area contributed by atoms with Crippen LogP contribution in [0.2, 0.25) is 10.0 Å².